The Morgan fingerprint density at radius 3 is 1.76 bits per heavy atom. The van der Waals surface area contributed by atoms with E-state index in [0.29, 0.717) is 17.5 Å². The van der Waals surface area contributed by atoms with E-state index in [1.165, 1.54) is 34.1 Å². The fraction of sp³-hybridized carbons (Fsp3) is 0.547. The van der Waals surface area contributed by atoms with Gasteiger partial charge >= 0.3 is 11.9 Å². The number of nitrogens with zero attached hydrogens (tertiary/aromatic N) is 5. The smallest absolute Gasteiger partial charge is 0.328 e. The van der Waals surface area contributed by atoms with Gasteiger partial charge in [0.15, 0.2) is 11.6 Å². The van der Waals surface area contributed by atoms with Crippen molar-refractivity contribution < 1.29 is 88.5 Å². The van der Waals surface area contributed by atoms with Crippen LogP contribution in [0, 0.1) is 11.8 Å². The molecule has 1 aliphatic heterocycles. The van der Waals surface area contributed by atoms with Crippen LogP contribution in [0.2, 0.25) is 0 Å². The van der Waals surface area contributed by atoms with Crippen LogP contribution in [-0.2, 0) is 65.6 Å². The normalized spacial score (nSPS) is 16.6. The predicted molar refractivity (Wildman–Crippen MR) is 286 cm³/mol. The summed E-state index contributed by atoms with van der Waals surface area (Å²) in [6.45, 7) is -1.32. The fourth-order valence-corrected chi connectivity index (χ4v) is 9.32. The highest BCUT2D eigenvalue weighted by atomic mass is 16.4. The largest absolute Gasteiger partial charge is 0.549 e. The Hall–Kier alpha value is -8.36. The van der Waals surface area contributed by atoms with E-state index in [2.05, 4.69) is 36.6 Å². The van der Waals surface area contributed by atoms with Gasteiger partial charge < -0.3 is 86.5 Å². The number of carbonyl (C=O) groups is 11. The van der Waals surface area contributed by atoms with Crippen LogP contribution in [0.3, 0.4) is 0 Å². The average molecular weight is 1180 g/mol. The first-order chi connectivity index (χ1) is 39.9. The number of carbonyl (C=O) groups excluding carboxylic acids is 9. The van der Waals surface area contributed by atoms with Crippen molar-refractivity contribution >= 4 is 76.8 Å². The van der Waals surface area contributed by atoms with Gasteiger partial charge in [-0.1, -0.05) is 30.3 Å². The van der Waals surface area contributed by atoms with Crippen molar-refractivity contribution in [3.05, 3.63) is 74.6 Å². The summed E-state index contributed by atoms with van der Waals surface area (Å²) in [6, 6.07) is 0.414. The number of carboxylic acids is 5. The molecule has 0 spiro atoms. The molecule has 84 heavy (non-hydrogen) atoms. The van der Waals surface area contributed by atoms with Crippen molar-refractivity contribution in [1.29, 1.82) is 0 Å². The number of imidazole rings is 1. The molecular formula is C53H70N11O20-3. The van der Waals surface area contributed by atoms with Gasteiger partial charge in [-0.3, -0.25) is 58.0 Å². The molecule has 1 aromatic heterocycles. The van der Waals surface area contributed by atoms with Crippen LogP contribution in [0.4, 0.5) is 11.4 Å². The second-order valence-electron chi connectivity index (χ2n) is 20.2. The molecule has 1 aliphatic rings. The van der Waals surface area contributed by atoms with Crippen molar-refractivity contribution in [2.24, 2.45) is 11.8 Å². The van der Waals surface area contributed by atoms with Gasteiger partial charge in [0.25, 0.3) is 10.9 Å². The third kappa shape index (κ3) is 22.1. The van der Waals surface area contributed by atoms with Crippen LogP contribution in [0.15, 0.2) is 52.4 Å². The minimum Gasteiger partial charge on any atom is -0.549 e. The van der Waals surface area contributed by atoms with Crippen LogP contribution in [0.5, 0.6) is 0 Å². The summed E-state index contributed by atoms with van der Waals surface area (Å²) in [4.78, 5) is 178. The Balaban J connectivity index is 1.43. The number of anilines is 2. The summed E-state index contributed by atoms with van der Waals surface area (Å²) in [5.41, 5.74) is -2.15. The van der Waals surface area contributed by atoms with Gasteiger partial charge in [0.2, 0.25) is 17.7 Å². The zero-order valence-electron chi connectivity index (χ0n) is 46.1. The fourth-order valence-electron chi connectivity index (χ4n) is 9.32. The summed E-state index contributed by atoms with van der Waals surface area (Å²) in [5, 5.41) is 86.7. The molecule has 1 saturated heterocycles. The Morgan fingerprint density at radius 1 is 0.679 bits per heavy atom. The number of aromatic amines is 1. The van der Waals surface area contributed by atoms with Gasteiger partial charge in [-0.25, -0.2) is 9.78 Å². The van der Waals surface area contributed by atoms with Crippen LogP contribution >= 0.6 is 0 Å². The number of carboxylic acid groups (broad SMARTS) is 5. The number of amides is 3. The lowest BCUT2D eigenvalue weighted by atomic mass is 9.90. The molecule has 2 heterocycles. The second kappa shape index (κ2) is 34.3. The first-order valence-corrected chi connectivity index (χ1v) is 26.9. The van der Waals surface area contributed by atoms with Crippen LogP contribution in [-0.4, -0.2) is 237 Å². The lowest BCUT2D eigenvalue weighted by Gasteiger charge is -2.37. The van der Waals surface area contributed by atoms with Crippen LogP contribution in [0.25, 0.3) is 0 Å². The predicted octanol–water partition coefficient (Wildman–Crippen LogP) is -8.33. The molecule has 2 aromatic carbocycles. The Morgan fingerprint density at radius 2 is 1.23 bits per heavy atom. The molecule has 3 amide bonds. The second-order valence-corrected chi connectivity index (χ2v) is 20.2. The lowest BCUT2D eigenvalue weighted by molar-refractivity contribution is -0.312. The number of H-pyrrole nitrogens is 1. The number of aliphatic carboxylic acids is 5. The summed E-state index contributed by atoms with van der Waals surface area (Å²) in [6.07, 6.45) is 0.577. The number of rotatable bonds is 36. The summed E-state index contributed by atoms with van der Waals surface area (Å²) in [7, 11) is 0. The van der Waals surface area contributed by atoms with Crippen LogP contribution < -0.4 is 52.8 Å². The molecule has 0 bridgehead atoms. The van der Waals surface area contributed by atoms with E-state index >= 15 is 0 Å². The molecule has 0 radical (unpaired) electrons. The number of aromatic nitrogens is 2. The van der Waals surface area contributed by atoms with E-state index in [1.807, 2.05) is 0 Å². The first kappa shape index (κ1) is 68.1. The molecule has 31 heteroatoms. The van der Waals surface area contributed by atoms with Gasteiger partial charge in [0, 0.05) is 115 Å². The van der Waals surface area contributed by atoms with Gasteiger partial charge in [-0.2, -0.15) is 0 Å². The number of aldehydes is 1. The molecule has 460 valence electrons. The Kier molecular flexibility index (Phi) is 27.8. The number of benzene rings is 1. The Bertz CT molecular complexity index is 2810. The van der Waals surface area contributed by atoms with Crippen molar-refractivity contribution in [3.8, 4) is 0 Å². The molecule has 10 N–H and O–H groups in total. The molecular weight excluding hydrogens is 1110 g/mol. The van der Waals surface area contributed by atoms with Crippen molar-refractivity contribution in [2.45, 2.75) is 82.1 Å². The number of hydrogen-bond acceptors (Lipinski definition) is 25. The van der Waals surface area contributed by atoms with E-state index in [4.69, 9.17) is 0 Å². The number of ketones is 2. The van der Waals surface area contributed by atoms with E-state index in [1.54, 1.807) is 35.2 Å². The highest BCUT2D eigenvalue weighted by Gasteiger charge is 2.35. The number of aliphatic hydroxyl groups excluding tert-OH is 2. The zero-order valence-corrected chi connectivity index (χ0v) is 46.1. The topological polar surface area (TPSA) is 474 Å². The molecule has 31 nitrogen and oxygen atoms in total. The van der Waals surface area contributed by atoms with Gasteiger partial charge in [-0.15, -0.1) is 0 Å². The highest BCUT2D eigenvalue weighted by molar-refractivity contribution is 5.97. The van der Waals surface area contributed by atoms with Crippen molar-refractivity contribution in [2.75, 3.05) is 102 Å². The summed E-state index contributed by atoms with van der Waals surface area (Å²) >= 11 is 0. The SMILES string of the molecule is C[C@H](NC(=O)[C@H](CC(=O)O)Nc1c(NCCCC(C(=O)[O-])N2CCN(CC=O)CCN(CC(=O)[O-])CCN(CC(=O)[O-])CC2)c(=O)c1=O)C(=O)C[C@@H](Cc1cnc[nH]1)C(=O)N[C@@H](CO)C(=O)C[C@@H](Cc1ccccc1)C(=O)N[C@@H](CO)C(=O)O. The van der Waals surface area contributed by atoms with Gasteiger partial charge in [0.1, 0.15) is 35.8 Å². The van der Waals surface area contributed by atoms with E-state index < -0.39 is 163 Å². The molecule has 0 aliphatic carbocycles. The van der Waals surface area contributed by atoms with Crippen LogP contribution in [0.1, 0.15) is 50.3 Å². The number of Topliss-reactive ketones (excluding diaryl/α,β-unsaturated/α-hetero) is 2. The van der Waals surface area contributed by atoms with Gasteiger partial charge in [0.05, 0.1) is 62.4 Å². The van der Waals surface area contributed by atoms with E-state index in [0.717, 1.165) is 0 Å². The lowest BCUT2D eigenvalue weighted by Crippen LogP contribution is -2.54. The molecule has 1 fully saturated rings. The number of nitrogens with one attached hydrogen (secondary N) is 6. The quantitative estimate of drug-likeness (QED) is 0.0147. The highest BCUT2D eigenvalue weighted by Crippen LogP contribution is 2.20. The number of aliphatic hydroxyl groups is 2. The molecule has 0 saturated carbocycles. The molecule has 3 aromatic rings. The third-order valence-electron chi connectivity index (χ3n) is 14.0. The zero-order chi connectivity index (χ0) is 62.0. The number of hydrogen-bond donors (Lipinski definition) is 10. The van der Waals surface area contributed by atoms with E-state index in [-0.39, 0.29) is 96.8 Å². The van der Waals surface area contributed by atoms with Crippen molar-refractivity contribution in [3.63, 3.8) is 0 Å². The maximum Gasteiger partial charge on any atom is 0.328 e. The minimum absolute atomic E-state index is 0.00197. The van der Waals surface area contributed by atoms with Gasteiger partial charge in [-0.05, 0) is 31.7 Å². The maximum absolute atomic E-state index is 13.9. The van der Waals surface area contributed by atoms with E-state index in [9.17, 15) is 98.1 Å². The monoisotopic (exact) mass is 1180 g/mol. The first-order valence-electron chi connectivity index (χ1n) is 26.9. The molecule has 7 atom stereocenters. The summed E-state index contributed by atoms with van der Waals surface area (Å²) < 4.78 is 0. The molecule has 4 rings (SSSR count). The minimum atomic E-state index is -1.79. The van der Waals surface area contributed by atoms with Crippen molar-refractivity contribution in [1.82, 2.24) is 45.5 Å². The maximum atomic E-state index is 13.9. The average Bonchev–Trinajstić information content (AvgIpc) is 2.38. The third-order valence-corrected chi connectivity index (χ3v) is 14.0. The summed E-state index contributed by atoms with van der Waals surface area (Å²) in [5.74, 6) is -14.6. The Labute approximate surface area is 480 Å². The molecule has 1 unspecified atom stereocenters. The standard InChI is InChI=1S/C53H73N11O20/c1-31(40(68)22-34(21-35-25-54-30-56-35)50(79)59-37(28-66)41(69)23-33(20-32-6-3-2-4-7-32)49(78)60-38(29-67)52(81)82)57-51(80)36(24-42(70)71)58-46-45(47(76)48(46)77)55-9-5-8-39(53(83)84)64-16-14-61(18-19-65)10-11-62(26-43(72)73)12-13-63(15-17-64)27-44(74)75/h2-4,6-7,19,25,30-31,33-34,36-39,55,58,66-67H,5,8-18,20-24,26-29H2,1H3,(H,54,56)(H,57,80)(H,59,79)(H,60,78)(H,70,71)(H,72,73)(H,74,75)(H,81,82)(H,83,84)/p-3/t31-,33+,34+,36-,37-,38-,39?/m0/s1.